The predicted molar refractivity (Wildman–Crippen MR) is 95.3 cm³/mol. The zero-order valence-electron chi connectivity index (χ0n) is 13.2. The molecule has 0 saturated carbocycles. The fourth-order valence-corrected chi connectivity index (χ4v) is 2.76. The van der Waals surface area contributed by atoms with Gasteiger partial charge in [0.05, 0.1) is 23.1 Å². The van der Waals surface area contributed by atoms with Crippen LogP contribution in [-0.2, 0) is 4.79 Å². The van der Waals surface area contributed by atoms with E-state index in [0.29, 0.717) is 47.7 Å². The number of aromatic nitrogens is 2. The van der Waals surface area contributed by atoms with Crippen LogP contribution in [0.2, 0.25) is 10.0 Å². The van der Waals surface area contributed by atoms with E-state index in [1.165, 1.54) is 12.4 Å². The van der Waals surface area contributed by atoms with Crippen molar-refractivity contribution in [2.75, 3.05) is 31.5 Å². The summed E-state index contributed by atoms with van der Waals surface area (Å²) in [6.45, 7) is 2.01. The van der Waals surface area contributed by atoms with Gasteiger partial charge in [-0.1, -0.05) is 23.2 Å². The molecule has 2 amide bonds. The third-order valence-electron chi connectivity index (χ3n) is 3.81. The van der Waals surface area contributed by atoms with E-state index >= 15 is 0 Å². The Hall–Kier alpha value is -2.38. The van der Waals surface area contributed by atoms with Gasteiger partial charge in [0.1, 0.15) is 11.5 Å². The maximum Gasteiger partial charge on any atom is 0.274 e. The number of halogens is 2. The van der Waals surface area contributed by atoms with Crippen LogP contribution in [0, 0.1) is 0 Å². The van der Waals surface area contributed by atoms with E-state index in [1.54, 1.807) is 28.0 Å². The molecule has 9 heteroatoms. The van der Waals surface area contributed by atoms with E-state index in [4.69, 9.17) is 23.2 Å². The van der Waals surface area contributed by atoms with E-state index in [9.17, 15) is 9.59 Å². The van der Waals surface area contributed by atoms with Gasteiger partial charge < -0.3 is 15.1 Å². The van der Waals surface area contributed by atoms with Crippen molar-refractivity contribution >= 4 is 47.0 Å². The third-order valence-corrected chi connectivity index (χ3v) is 4.38. The topological polar surface area (TPSA) is 78.4 Å². The van der Waals surface area contributed by atoms with Gasteiger partial charge in [0, 0.05) is 31.2 Å². The van der Waals surface area contributed by atoms with Gasteiger partial charge in [-0.25, -0.2) is 9.97 Å². The summed E-state index contributed by atoms with van der Waals surface area (Å²) in [5.74, 6) is 0.247. The number of nitrogens with zero attached hydrogens (tertiary/aromatic N) is 4. The van der Waals surface area contributed by atoms with Crippen LogP contribution in [-0.4, -0.2) is 58.3 Å². The van der Waals surface area contributed by atoms with Gasteiger partial charge in [0.2, 0.25) is 6.41 Å². The van der Waals surface area contributed by atoms with E-state index < -0.39 is 0 Å². The summed E-state index contributed by atoms with van der Waals surface area (Å²) < 4.78 is 0. The molecule has 1 N–H and O–H groups in total. The van der Waals surface area contributed by atoms with Crippen LogP contribution in [0.5, 0.6) is 0 Å². The SMILES string of the molecule is O=CN1CCN(C(=O)c2cnc(Nc3cc(Cl)ccc3Cl)cn2)CC1. The Morgan fingerprint density at radius 3 is 2.52 bits per heavy atom. The highest BCUT2D eigenvalue weighted by Crippen LogP contribution is 2.27. The Balaban J connectivity index is 1.67. The minimum absolute atomic E-state index is 0.203. The highest BCUT2D eigenvalue weighted by molar-refractivity contribution is 6.35. The first-order valence-electron chi connectivity index (χ1n) is 7.59. The van der Waals surface area contributed by atoms with Crippen molar-refractivity contribution in [1.82, 2.24) is 19.8 Å². The number of hydrogen-bond acceptors (Lipinski definition) is 5. The fourth-order valence-electron chi connectivity index (χ4n) is 2.43. The van der Waals surface area contributed by atoms with Gasteiger partial charge in [-0.15, -0.1) is 0 Å². The molecule has 7 nitrogen and oxygen atoms in total. The summed E-state index contributed by atoms with van der Waals surface area (Å²) in [5, 5.41) is 4.05. The highest BCUT2D eigenvalue weighted by atomic mass is 35.5. The standard InChI is InChI=1S/C16H15Cl2N5O2/c17-11-1-2-12(18)13(7-11)21-15-9-19-14(8-20-15)16(25)23-5-3-22(10-24)4-6-23/h1-2,7-10H,3-6H2,(H,20,21). The maximum absolute atomic E-state index is 12.4. The molecule has 0 bridgehead atoms. The van der Waals surface area contributed by atoms with Gasteiger partial charge in [-0.05, 0) is 18.2 Å². The zero-order valence-corrected chi connectivity index (χ0v) is 14.7. The summed E-state index contributed by atoms with van der Waals surface area (Å²) in [6, 6.07) is 5.04. The van der Waals surface area contributed by atoms with Crippen molar-refractivity contribution in [1.29, 1.82) is 0 Å². The van der Waals surface area contributed by atoms with Gasteiger partial charge in [0.15, 0.2) is 0 Å². The van der Waals surface area contributed by atoms with E-state index in [2.05, 4.69) is 15.3 Å². The molecule has 2 heterocycles. The molecular formula is C16H15Cl2N5O2. The summed E-state index contributed by atoms with van der Waals surface area (Å²) in [5.41, 5.74) is 0.856. The lowest BCUT2D eigenvalue weighted by Crippen LogP contribution is -2.48. The lowest BCUT2D eigenvalue weighted by atomic mass is 10.3. The molecule has 1 aliphatic heterocycles. The van der Waals surface area contributed by atoms with Gasteiger partial charge >= 0.3 is 0 Å². The number of carbonyl (C=O) groups is 2. The van der Waals surface area contributed by atoms with Crippen LogP contribution in [0.15, 0.2) is 30.6 Å². The number of nitrogens with one attached hydrogen (secondary N) is 1. The molecule has 0 atom stereocenters. The average molecular weight is 380 g/mol. The predicted octanol–water partition coefficient (Wildman–Crippen LogP) is 2.44. The number of anilines is 2. The lowest BCUT2D eigenvalue weighted by molar-refractivity contribution is -0.119. The fraction of sp³-hybridized carbons (Fsp3) is 0.250. The average Bonchev–Trinajstić information content (AvgIpc) is 2.65. The van der Waals surface area contributed by atoms with Crippen LogP contribution in [0.1, 0.15) is 10.5 Å². The lowest BCUT2D eigenvalue weighted by Gasteiger charge is -2.32. The molecule has 1 aromatic heterocycles. The molecule has 1 aliphatic rings. The minimum atomic E-state index is -0.203. The molecule has 3 rings (SSSR count). The number of hydrogen-bond donors (Lipinski definition) is 1. The first-order valence-corrected chi connectivity index (χ1v) is 8.35. The smallest absolute Gasteiger partial charge is 0.274 e. The molecule has 1 saturated heterocycles. The Bertz CT molecular complexity index is 777. The second kappa shape index (κ2) is 7.67. The van der Waals surface area contributed by atoms with Crippen LogP contribution >= 0.6 is 23.2 Å². The molecule has 1 fully saturated rings. The van der Waals surface area contributed by atoms with Crippen molar-refractivity contribution in [3.8, 4) is 0 Å². The summed E-state index contributed by atoms with van der Waals surface area (Å²) in [7, 11) is 0. The normalized spacial score (nSPS) is 14.3. The maximum atomic E-state index is 12.4. The molecule has 0 unspecified atom stereocenters. The van der Waals surface area contributed by atoms with Gasteiger partial charge in [0.25, 0.3) is 5.91 Å². The first kappa shape index (κ1) is 17.4. The summed E-state index contributed by atoms with van der Waals surface area (Å²) in [6.07, 6.45) is 3.67. The van der Waals surface area contributed by atoms with Crippen molar-refractivity contribution in [2.45, 2.75) is 0 Å². The quantitative estimate of drug-likeness (QED) is 0.825. The monoisotopic (exact) mass is 379 g/mol. The van der Waals surface area contributed by atoms with E-state index in [0.717, 1.165) is 6.41 Å². The summed E-state index contributed by atoms with van der Waals surface area (Å²) in [4.78, 5) is 34.8. The van der Waals surface area contributed by atoms with Crippen molar-refractivity contribution in [2.24, 2.45) is 0 Å². The number of carbonyl (C=O) groups excluding carboxylic acids is 2. The Kier molecular flexibility index (Phi) is 5.35. The Morgan fingerprint density at radius 1 is 1.12 bits per heavy atom. The Labute approximate surface area is 154 Å². The van der Waals surface area contributed by atoms with E-state index in [1.807, 2.05) is 0 Å². The van der Waals surface area contributed by atoms with Gasteiger partial charge in [-0.3, -0.25) is 9.59 Å². The summed E-state index contributed by atoms with van der Waals surface area (Å²) >= 11 is 12.0. The number of piperazine rings is 1. The van der Waals surface area contributed by atoms with Crippen LogP contribution < -0.4 is 5.32 Å². The third kappa shape index (κ3) is 4.18. The highest BCUT2D eigenvalue weighted by Gasteiger charge is 2.22. The van der Waals surface area contributed by atoms with E-state index in [-0.39, 0.29) is 11.6 Å². The molecule has 0 aliphatic carbocycles. The second-order valence-electron chi connectivity index (χ2n) is 5.47. The minimum Gasteiger partial charge on any atom is -0.342 e. The van der Waals surface area contributed by atoms with Crippen LogP contribution in [0.25, 0.3) is 0 Å². The molecule has 0 spiro atoms. The second-order valence-corrected chi connectivity index (χ2v) is 6.31. The first-order chi connectivity index (χ1) is 12.1. The molecule has 0 radical (unpaired) electrons. The molecule has 130 valence electrons. The molecule has 2 aromatic rings. The van der Waals surface area contributed by atoms with Crippen LogP contribution in [0.4, 0.5) is 11.5 Å². The largest absolute Gasteiger partial charge is 0.342 e. The number of benzene rings is 1. The van der Waals surface area contributed by atoms with Gasteiger partial charge in [-0.2, -0.15) is 0 Å². The van der Waals surface area contributed by atoms with Crippen LogP contribution in [0.3, 0.4) is 0 Å². The number of amides is 2. The molecule has 1 aromatic carbocycles. The Morgan fingerprint density at radius 2 is 1.88 bits per heavy atom. The van der Waals surface area contributed by atoms with Crippen molar-refractivity contribution in [3.63, 3.8) is 0 Å². The van der Waals surface area contributed by atoms with Crippen molar-refractivity contribution in [3.05, 3.63) is 46.3 Å². The zero-order chi connectivity index (χ0) is 17.8. The molecule has 25 heavy (non-hydrogen) atoms. The number of rotatable bonds is 4. The molecular weight excluding hydrogens is 365 g/mol. The van der Waals surface area contributed by atoms with Crippen molar-refractivity contribution < 1.29 is 9.59 Å².